The Morgan fingerprint density at radius 3 is 2.35 bits per heavy atom. The number of rotatable bonds is 7. The van der Waals surface area contributed by atoms with E-state index in [4.69, 9.17) is 29.2 Å². The molecule has 1 heterocycles. The van der Waals surface area contributed by atoms with E-state index in [9.17, 15) is 9.90 Å². The van der Waals surface area contributed by atoms with Gasteiger partial charge in [-0.1, -0.05) is 30.3 Å². The van der Waals surface area contributed by atoms with Crippen molar-refractivity contribution < 1.29 is 39.1 Å². The first kappa shape index (κ1) is 18.2. The van der Waals surface area contributed by atoms with Crippen LogP contribution in [0.1, 0.15) is 22.0 Å². The van der Waals surface area contributed by atoms with Crippen LogP contribution in [0.4, 0.5) is 0 Å². The van der Waals surface area contributed by atoms with Crippen molar-refractivity contribution in [1.82, 2.24) is 0 Å². The van der Waals surface area contributed by atoms with E-state index >= 15 is 0 Å². The number of Topliss-reactive ketones (excluding diaryl/α,β-unsaturated/α-hetero) is 1. The minimum absolute atomic E-state index is 0.0245. The molecule has 1 aliphatic rings. The normalized spacial score (nSPS) is 18.8. The Hall–Kier alpha value is -2.65. The molecular weight excluding hydrogens is 344 g/mol. The number of fused-ring (bicyclic) bond motifs is 1. The number of benzene rings is 2. The Kier molecular flexibility index (Phi) is 5.69. The Labute approximate surface area is 149 Å². The highest BCUT2D eigenvalue weighted by Crippen LogP contribution is 2.43. The van der Waals surface area contributed by atoms with Crippen LogP contribution in [0, 0.1) is 0 Å². The summed E-state index contributed by atoms with van der Waals surface area (Å²) >= 11 is 0. The molecule has 0 radical (unpaired) electrons. The van der Waals surface area contributed by atoms with Crippen molar-refractivity contribution in [3.8, 4) is 17.2 Å². The van der Waals surface area contributed by atoms with E-state index in [0.717, 1.165) is 0 Å². The SMILES string of the molecule is O=C1c2c(OCO)cc(OCO)cc2OC(c2ccccc2)C1OCO. The second kappa shape index (κ2) is 8.15. The molecular formula is C18H18O8. The number of carbonyl (C=O) groups excluding carboxylic acids is 1. The van der Waals surface area contributed by atoms with Crippen LogP contribution in [0.5, 0.6) is 17.2 Å². The van der Waals surface area contributed by atoms with E-state index in [1.165, 1.54) is 12.1 Å². The van der Waals surface area contributed by atoms with Crippen LogP contribution in [0.2, 0.25) is 0 Å². The quantitative estimate of drug-likeness (QED) is 0.625. The van der Waals surface area contributed by atoms with E-state index in [1.54, 1.807) is 24.3 Å². The summed E-state index contributed by atoms with van der Waals surface area (Å²) in [5.41, 5.74) is 0.748. The zero-order valence-electron chi connectivity index (χ0n) is 13.7. The summed E-state index contributed by atoms with van der Waals surface area (Å²) in [5, 5.41) is 27.2. The highest BCUT2D eigenvalue weighted by molar-refractivity contribution is 6.06. The molecule has 3 N–H and O–H groups in total. The van der Waals surface area contributed by atoms with Gasteiger partial charge in [0.2, 0.25) is 5.78 Å². The van der Waals surface area contributed by atoms with Gasteiger partial charge in [-0.25, -0.2) is 0 Å². The van der Waals surface area contributed by atoms with Crippen molar-refractivity contribution in [2.24, 2.45) is 0 Å². The zero-order valence-corrected chi connectivity index (χ0v) is 13.7. The fraction of sp³-hybridized carbons (Fsp3) is 0.278. The molecule has 0 spiro atoms. The van der Waals surface area contributed by atoms with Gasteiger partial charge in [0.25, 0.3) is 0 Å². The average molecular weight is 362 g/mol. The van der Waals surface area contributed by atoms with Crippen molar-refractivity contribution in [3.63, 3.8) is 0 Å². The highest BCUT2D eigenvalue weighted by Gasteiger charge is 2.41. The Morgan fingerprint density at radius 2 is 1.69 bits per heavy atom. The van der Waals surface area contributed by atoms with Crippen LogP contribution in [0.3, 0.4) is 0 Å². The molecule has 2 aromatic rings. The van der Waals surface area contributed by atoms with Crippen LogP contribution >= 0.6 is 0 Å². The molecule has 0 aliphatic carbocycles. The molecule has 8 nitrogen and oxygen atoms in total. The first-order valence-corrected chi connectivity index (χ1v) is 7.83. The molecule has 0 fully saturated rings. The monoisotopic (exact) mass is 362 g/mol. The number of hydrogen-bond acceptors (Lipinski definition) is 8. The Morgan fingerprint density at radius 1 is 0.962 bits per heavy atom. The molecule has 3 rings (SSSR count). The number of ether oxygens (including phenoxy) is 4. The largest absolute Gasteiger partial charge is 0.481 e. The number of aliphatic hydroxyl groups is 3. The van der Waals surface area contributed by atoms with E-state index in [-0.39, 0.29) is 22.8 Å². The highest BCUT2D eigenvalue weighted by atomic mass is 16.6. The van der Waals surface area contributed by atoms with Crippen LogP contribution in [-0.2, 0) is 4.74 Å². The Balaban J connectivity index is 2.09. The molecule has 0 aromatic heterocycles. The van der Waals surface area contributed by atoms with Gasteiger partial charge < -0.3 is 34.3 Å². The van der Waals surface area contributed by atoms with Crippen molar-refractivity contribution in [2.75, 3.05) is 20.4 Å². The van der Waals surface area contributed by atoms with Crippen LogP contribution < -0.4 is 14.2 Å². The van der Waals surface area contributed by atoms with Gasteiger partial charge in [-0.15, -0.1) is 0 Å². The Bertz CT molecular complexity index is 761. The minimum atomic E-state index is -1.10. The van der Waals surface area contributed by atoms with E-state index in [2.05, 4.69) is 0 Å². The van der Waals surface area contributed by atoms with Crippen LogP contribution in [0.25, 0.3) is 0 Å². The maximum Gasteiger partial charge on any atom is 0.203 e. The maximum absolute atomic E-state index is 13.0. The maximum atomic E-state index is 13.0. The second-order valence-corrected chi connectivity index (χ2v) is 5.37. The predicted octanol–water partition coefficient (Wildman–Crippen LogP) is 0.995. The van der Waals surface area contributed by atoms with E-state index < -0.39 is 38.4 Å². The molecule has 0 saturated heterocycles. The molecule has 26 heavy (non-hydrogen) atoms. The summed E-state index contributed by atoms with van der Waals surface area (Å²) < 4.78 is 21.3. The molecule has 0 bridgehead atoms. The number of carbonyl (C=O) groups is 1. The summed E-state index contributed by atoms with van der Waals surface area (Å²) in [5.74, 6) is -0.0727. The van der Waals surface area contributed by atoms with Crippen molar-refractivity contribution >= 4 is 5.78 Å². The lowest BCUT2D eigenvalue weighted by Crippen LogP contribution is -2.39. The fourth-order valence-electron chi connectivity index (χ4n) is 2.85. The predicted molar refractivity (Wildman–Crippen MR) is 88.0 cm³/mol. The molecule has 2 aromatic carbocycles. The lowest BCUT2D eigenvalue weighted by molar-refractivity contribution is -0.0806. The topological polar surface area (TPSA) is 115 Å². The average Bonchev–Trinajstić information content (AvgIpc) is 2.65. The molecule has 0 amide bonds. The van der Waals surface area contributed by atoms with Gasteiger partial charge in [-0.05, 0) is 5.56 Å². The molecule has 2 atom stereocenters. The lowest BCUT2D eigenvalue weighted by atomic mass is 9.92. The standard InChI is InChI=1S/C18H18O8/c19-8-23-12-6-13(24-9-20)15-14(7-12)26-17(11-4-2-1-3-5-11)18(16(15)22)25-10-21/h1-7,17-21H,8-10H2. The summed E-state index contributed by atoms with van der Waals surface area (Å²) in [6.07, 6.45) is -1.89. The van der Waals surface area contributed by atoms with Gasteiger partial charge >= 0.3 is 0 Å². The summed E-state index contributed by atoms with van der Waals surface area (Å²) in [6.45, 7) is -1.92. The number of hydrogen-bond donors (Lipinski definition) is 3. The first-order chi connectivity index (χ1) is 12.7. The zero-order chi connectivity index (χ0) is 18.5. The van der Waals surface area contributed by atoms with Crippen LogP contribution in [-0.4, -0.2) is 47.6 Å². The third kappa shape index (κ3) is 3.49. The molecule has 8 heteroatoms. The summed E-state index contributed by atoms with van der Waals surface area (Å²) in [4.78, 5) is 13.0. The van der Waals surface area contributed by atoms with E-state index in [0.29, 0.717) is 5.56 Å². The van der Waals surface area contributed by atoms with Gasteiger partial charge in [0, 0.05) is 12.1 Å². The van der Waals surface area contributed by atoms with Gasteiger partial charge in [-0.3, -0.25) is 4.79 Å². The lowest BCUT2D eigenvalue weighted by Gasteiger charge is -2.33. The third-order valence-electron chi connectivity index (χ3n) is 3.91. The smallest absolute Gasteiger partial charge is 0.203 e. The second-order valence-electron chi connectivity index (χ2n) is 5.37. The number of ketones is 1. The van der Waals surface area contributed by atoms with Crippen LogP contribution in [0.15, 0.2) is 42.5 Å². The van der Waals surface area contributed by atoms with Crippen molar-refractivity contribution in [3.05, 3.63) is 53.6 Å². The third-order valence-corrected chi connectivity index (χ3v) is 3.91. The fourth-order valence-corrected chi connectivity index (χ4v) is 2.85. The van der Waals surface area contributed by atoms with Gasteiger partial charge in [-0.2, -0.15) is 0 Å². The van der Waals surface area contributed by atoms with Gasteiger partial charge in [0.15, 0.2) is 25.8 Å². The van der Waals surface area contributed by atoms with Crippen molar-refractivity contribution in [2.45, 2.75) is 12.2 Å². The molecule has 0 saturated carbocycles. The minimum Gasteiger partial charge on any atom is -0.481 e. The number of aliphatic hydroxyl groups excluding tert-OH is 3. The van der Waals surface area contributed by atoms with E-state index in [1.807, 2.05) is 6.07 Å². The van der Waals surface area contributed by atoms with Crippen molar-refractivity contribution in [1.29, 1.82) is 0 Å². The summed E-state index contributed by atoms with van der Waals surface area (Å²) in [6, 6.07) is 11.8. The van der Waals surface area contributed by atoms with Gasteiger partial charge in [0.05, 0.1) is 0 Å². The molecule has 1 aliphatic heterocycles. The molecule has 138 valence electrons. The molecule has 2 unspecified atom stereocenters. The van der Waals surface area contributed by atoms with Gasteiger partial charge in [0.1, 0.15) is 29.6 Å². The first-order valence-electron chi connectivity index (χ1n) is 7.83. The summed E-state index contributed by atoms with van der Waals surface area (Å²) in [7, 11) is 0.